The summed E-state index contributed by atoms with van der Waals surface area (Å²) in [5.74, 6) is 1.91. The molecule has 0 unspecified atom stereocenters. The molecule has 1 heterocycles. The van der Waals surface area contributed by atoms with Crippen LogP contribution in [0, 0.1) is 6.92 Å². The van der Waals surface area contributed by atoms with Gasteiger partial charge in [-0.25, -0.2) is 4.98 Å². The van der Waals surface area contributed by atoms with Crippen LogP contribution >= 0.6 is 39.9 Å². The monoisotopic (exact) mass is 491 g/mol. The lowest BCUT2D eigenvalue weighted by Crippen LogP contribution is -2.39. The number of halogens is 2. The fourth-order valence-corrected chi connectivity index (χ4v) is 2.68. The molecule has 23 heavy (non-hydrogen) atoms. The Morgan fingerprint density at radius 2 is 2.13 bits per heavy atom. The van der Waals surface area contributed by atoms with Crippen molar-refractivity contribution in [1.29, 1.82) is 0 Å². The molecular weight excluding hydrogens is 469 g/mol. The van der Waals surface area contributed by atoms with Crippen molar-refractivity contribution in [2.45, 2.75) is 20.0 Å². The SMILES string of the molecule is CN=C(NCCn1ccnc1C)N(C)Cc1ccccc1Br.I. The summed E-state index contributed by atoms with van der Waals surface area (Å²) in [7, 11) is 3.85. The summed E-state index contributed by atoms with van der Waals surface area (Å²) in [4.78, 5) is 10.7. The Bertz CT molecular complexity index is 641. The van der Waals surface area contributed by atoms with Gasteiger partial charge in [-0.1, -0.05) is 34.1 Å². The molecule has 2 rings (SSSR count). The molecule has 0 fully saturated rings. The van der Waals surface area contributed by atoms with Gasteiger partial charge in [0.15, 0.2) is 5.96 Å². The summed E-state index contributed by atoms with van der Waals surface area (Å²) in [6.45, 7) is 4.48. The molecule has 0 bridgehead atoms. The van der Waals surface area contributed by atoms with E-state index in [0.717, 1.165) is 35.9 Å². The number of nitrogens with zero attached hydrogens (tertiary/aromatic N) is 4. The first-order chi connectivity index (χ1) is 10.6. The second kappa shape index (κ2) is 9.92. The van der Waals surface area contributed by atoms with Crippen molar-refractivity contribution in [3.8, 4) is 0 Å². The molecule has 0 radical (unpaired) electrons. The molecular formula is C16H23BrIN5. The maximum Gasteiger partial charge on any atom is 0.193 e. The third kappa shape index (κ3) is 5.80. The molecule has 1 aromatic heterocycles. The number of guanidine groups is 1. The molecule has 2 aromatic rings. The normalized spacial score (nSPS) is 11.0. The van der Waals surface area contributed by atoms with E-state index >= 15 is 0 Å². The summed E-state index contributed by atoms with van der Waals surface area (Å²) >= 11 is 3.59. The van der Waals surface area contributed by atoms with Gasteiger partial charge in [0, 0.05) is 50.6 Å². The maximum atomic E-state index is 4.35. The molecule has 0 atom stereocenters. The molecule has 0 saturated carbocycles. The fraction of sp³-hybridized carbons (Fsp3) is 0.375. The van der Waals surface area contributed by atoms with Gasteiger partial charge in [-0.05, 0) is 18.6 Å². The van der Waals surface area contributed by atoms with Gasteiger partial charge < -0.3 is 14.8 Å². The molecule has 0 aliphatic rings. The van der Waals surface area contributed by atoms with Gasteiger partial charge in [-0.2, -0.15) is 0 Å². The highest BCUT2D eigenvalue weighted by Gasteiger charge is 2.08. The Morgan fingerprint density at radius 3 is 2.74 bits per heavy atom. The Labute approximate surface area is 163 Å². The first-order valence-corrected chi connectivity index (χ1v) is 8.04. The summed E-state index contributed by atoms with van der Waals surface area (Å²) in [5, 5.41) is 3.39. The van der Waals surface area contributed by atoms with Crippen molar-refractivity contribution in [1.82, 2.24) is 19.8 Å². The second-order valence-electron chi connectivity index (χ2n) is 5.09. The first kappa shape index (κ1) is 20.0. The van der Waals surface area contributed by atoms with Crippen molar-refractivity contribution in [3.05, 3.63) is 52.5 Å². The average molecular weight is 492 g/mol. The first-order valence-electron chi connectivity index (χ1n) is 7.24. The van der Waals surface area contributed by atoms with Crippen LogP contribution in [0.15, 0.2) is 46.1 Å². The number of hydrogen-bond acceptors (Lipinski definition) is 2. The number of aromatic nitrogens is 2. The molecule has 1 N–H and O–H groups in total. The Hall–Kier alpha value is -1.09. The summed E-state index contributed by atoms with van der Waals surface area (Å²) < 4.78 is 3.24. The molecule has 126 valence electrons. The van der Waals surface area contributed by atoms with Crippen molar-refractivity contribution < 1.29 is 0 Å². The zero-order valence-electron chi connectivity index (χ0n) is 13.7. The van der Waals surface area contributed by atoms with Gasteiger partial charge in [0.25, 0.3) is 0 Å². The van der Waals surface area contributed by atoms with Gasteiger partial charge in [-0.15, -0.1) is 24.0 Å². The predicted octanol–water partition coefficient (Wildman–Crippen LogP) is 3.28. The van der Waals surface area contributed by atoms with Crippen molar-refractivity contribution in [2.75, 3.05) is 20.6 Å². The third-order valence-electron chi connectivity index (χ3n) is 3.50. The Balaban J connectivity index is 0.00000264. The fourth-order valence-electron chi connectivity index (χ4n) is 2.27. The van der Waals surface area contributed by atoms with E-state index in [1.807, 2.05) is 38.5 Å². The smallest absolute Gasteiger partial charge is 0.193 e. The number of imidazole rings is 1. The highest BCUT2D eigenvalue weighted by molar-refractivity contribution is 14.0. The number of hydrogen-bond donors (Lipinski definition) is 1. The molecule has 0 amide bonds. The van der Waals surface area contributed by atoms with Crippen LogP contribution in [0.5, 0.6) is 0 Å². The van der Waals surface area contributed by atoms with Gasteiger partial charge in [0.1, 0.15) is 5.82 Å². The molecule has 5 nitrogen and oxygen atoms in total. The van der Waals surface area contributed by atoms with Crippen molar-refractivity contribution >= 4 is 45.9 Å². The van der Waals surface area contributed by atoms with Crippen LogP contribution in [0.4, 0.5) is 0 Å². The number of rotatable bonds is 5. The zero-order valence-corrected chi connectivity index (χ0v) is 17.6. The van der Waals surface area contributed by atoms with E-state index in [1.165, 1.54) is 5.56 Å². The second-order valence-corrected chi connectivity index (χ2v) is 5.94. The van der Waals surface area contributed by atoms with Gasteiger partial charge in [0.2, 0.25) is 0 Å². The molecule has 1 aromatic carbocycles. The van der Waals surface area contributed by atoms with Crippen molar-refractivity contribution in [3.63, 3.8) is 0 Å². The van der Waals surface area contributed by atoms with Gasteiger partial charge >= 0.3 is 0 Å². The zero-order chi connectivity index (χ0) is 15.9. The third-order valence-corrected chi connectivity index (χ3v) is 4.27. The van der Waals surface area contributed by atoms with Crippen LogP contribution in [0.2, 0.25) is 0 Å². The maximum absolute atomic E-state index is 4.35. The van der Waals surface area contributed by atoms with Gasteiger partial charge in [-0.3, -0.25) is 4.99 Å². The summed E-state index contributed by atoms with van der Waals surface area (Å²) in [5.41, 5.74) is 1.23. The molecule has 0 saturated heterocycles. The lowest BCUT2D eigenvalue weighted by molar-refractivity contribution is 0.472. The lowest BCUT2D eigenvalue weighted by atomic mass is 10.2. The summed E-state index contributed by atoms with van der Waals surface area (Å²) in [6.07, 6.45) is 3.81. The molecule has 7 heteroatoms. The van der Waals surface area contributed by atoms with E-state index < -0.39 is 0 Å². The lowest BCUT2D eigenvalue weighted by Gasteiger charge is -2.23. The van der Waals surface area contributed by atoms with E-state index in [-0.39, 0.29) is 24.0 Å². The number of aryl methyl sites for hydroxylation is 1. The highest BCUT2D eigenvalue weighted by Crippen LogP contribution is 2.17. The topological polar surface area (TPSA) is 45.5 Å². The van der Waals surface area contributed by atoms with Gasteiger partial charge in [0.05, 0.1) is 0 Å². The Kier molecular flexibility index (Phi) is 8.60. The van der Waals surface area contributed by atoms with E-state index in [9.17, 15) is 0 Å². The minimum Gasteiger partial charge on any atom is -0.354 e. The van der Waals surface area contributed by atoms with Crippen LogP contribution in [-0.4, -0.2) is 41.1 Å². The van der Waals surface area contributed by atoms with Crippen molar-refractivity contribution in [2.24, 2.45) is 4.99 Å². The largest absolute Gasteiger partial charge is 0.354 e. The summed E-state index contributed by atoms with van der Waals surface area (Å²) in [6, 6.07) is 8.24. The van der Waals surface area contributed by atoms with Crippen LogP contribution in [-0.2, 0) is 13.1 Å². The molecule has 0 aliphatic heterocycles. The molecule has 0 aliphatic carbocycles. The minimum atomic E-state index is 0. The number of benzene rings is 1. The van der Waals surface area contributed by atoms with Crippen LogP contribution < -0.4 is 5.32 Å². The van der Waals surface area contributed by atoms with E-state index in [0.29, 0.717) is 0 Å². The van der Waals surface area contributed by atoms with E-state index in [4.69, 9.17) is 0 Å². The van der Waals surface area contributed by atoms with E-state index in [2.05, 4.69) is 52.8 Å². The van der Waals surface area contributed by atoms with E-state index in [1.54, 1.807) is 7.05 Å². The highest BCUT2D eigenvalue weighted by atomic mass is 127. The standard InChI is InChI=1S/C16H22BrN5.HI/c1-13-19-8-10-22(13)11-9-20-16(18-2)21(3)12-14-6-4-5-7-15(14)17;/h4-8,10H,9,11-12H2,1-3H3,(H,18,20);1H. The minimum absolute atomic E-state index is 0. The number of nitrogens with one attached hydrogen (secondary N) is 1. The van der Waals surface area contributed by atoms with Crippen LogP contribution in [0.3, 0.4) is 0 Å². The predicted molar refractivity (Wildman–Crippen MR) is 109 cm³/mol. The quantitative estimate of drug-likeness (QED) is 0.396. The Morgan fingerprint density at radius 1 is 1.39 bits per heavy atom. The van der Waals surface area contributed by atoms with Crippen LogP contribution in [0.25, 0.3) is 0 Å². The van der Waals surface area contributed by atoms with Crippen LogP contribution in [0.1, 0.15) is 11.4 Å². The number of aliphatic imine (C=N–C) groups is 1. The average Bonchev–Trinajstić information content (AvgIpc) is 2.91. The molecule has 0 spiro atoms.